The van der Waals surface area contributed by atoms with E-state index in [1.807, 2.05) is 13.0 Å². The van der Waals surface area contributed by atoms with E-state index in [-0.39, 0.29) is 10.6 Å². The summed E-state index contributed by atoms with van der Waals surface area (Å²) in [4.78, 5) is 10.6. The van der Waals surface area contributed by atoms with E-state index in [0.29, 0.717) is 18.3 Å². The topological polar surface area (TPSA) is 64.4 Å². The Balaban J connectivity index is 1.89. The summed E-state index contributed by atoms with van der Waals surface area (Å²) in [7, 11) is 0. The van der Waals surface area contributed by atoms with Crippen LogP contribution in [0.2, 0.25) is 0 Å². The molecular formula is C14H20N2O3. The fraction of sp³-hybridized carbons (Fsp3) is 0.571. The van der Waals surface area contributed by atoms with Gasteiger partial charge < -0.3 is 10.1 Å². The predicted octanol–water partition coefficient (Wildman–Crippen LogP) is 2.67. The molecule has 0 saturated carbocycles. The number of benzene rings is 1. The molecule has 0 aromatic heterocycles. The van der Waals surface area contributed by atoms with Crippen LogP contribution in [0.1, 0.15) is 24.8 Å². The quantitative estimate of drug-likeness (QED) is 0.656. The minimum atomic E-state index is -0.382. The van der Waals surface area contributed by atoms with E-state index >= 15 is 0 Å². The third-order valence-corrected chi connectivity index (χ3v) is 3.55. The molecule has 1 aliphatic rings. The Labute approximate surface area is 113 Å². The highest BCUT2D eigenvalue weighted by atomic mass is 16.6. The Hall–Kier alpha value is -1.62. The van der Waals surface area contributed by atoms with Crippen molar-refractivity contribution >= 4 is 5.69 Å². The van der Waals surface area contributed by atoms with Crippen LogP contribution >= 0.6 is 0 Å². The van der Waals surface area contributed by atoms with Gasteiger partial charge in [0.25, 0.3) is 0 Å². The van der Waals surface area contributed by atoms with E-state index < -0.39 is 0 Å². The molecule has 1 aromatic carbocycles. The van der Waals surface area contributed by atoms with Crippen LogP contribution in [0.4, 0.5) is 5.69 Å². The van der Waals surface area contributed by atoms with Crippen LogP contribution < -0.4 is 10.1 Å². The third-order valence-electron chi connectivity index (χ3n) is 3.55. The molecule has 5 nitrogen and oxygen atoms in total. The van der Waals surface area contributed by atoms with E-state index in [0.717, 1.165) is 25.1 Å². The number of hydrogen-bond acceptors (Lipinski definition) is 4. The predicted molar refractivity (Wildman–Crippen MR) is 73.5 cm³/mol. The summed E-state index contributed by atoms with van der Waals surface area (Å²) in [5, 5.41) is 14.3. The maximum absolute atomic E-state index is 11.0. The maximum atomic E-state index is 11.0. The fourth-order valence-electron chi connectivity index (χ4n) is 2.40. The molecule has 1 saturated heterocycles. The maximum Gasteiger partial charge on any atom is 0.311 e. The molecular weight excluding hydrogens is 244 g/mol. The summed E-state index contributed by atoms with van der Waals surface area (Å²) < 4.78 is 5.59. The minimum absolute atomic E-state index is 0.0605. The number of aryl methyl sites for hydroxylation is 1. The van der Waals surface area contributed by atoms with Crippen LogP contribution in [-0.2, 0) is 0 Å². The van der Waals surface area contributed by atoms with Gasteiger partial charge in [-0.3, -0.25) is 10.1 Å². The van der Waals surface area contributed by atoms with E-state index in [1.165, 1.54) is 12.8 Å². The number of nitrogens with one attached hydrogen (secondary N) is 1. The molecule has 2 rings (SSSR count). The van der Waals surface area contributed by atoms with Crippen LogP contribution in [0.5, 0.6) is 5.75 Å². The van der Waals surface area contributed by atoms with E-state index in [9.17, 15) is 10.1 Å². The largest absolute Gasteiger partial charge is 0.487 e. The zero-order chi connectivity index (χ0) is 13.7. The highest BCUT2D eigenvalue weighted by molar-refractivity contribution is 5.48. The van der Waals surface area contributed by atoms with Crippen LogP contribution in [0, 0.1) is 23.0 Å². The van der Waals surface area contributed by atoms with Gasteiger partial charge in [-0.1, -0.05) is 6.07 Å². The first-order chi connectivity index (χ1) is 9.16. The summed E-state index contributed by atoms with van der Waals surface area (Å²) in [6, 6.07) is 5.09. The lowest BCUT2D eigenvalue weighted by Gasteiger charge is -2.22. The first kappa shape index (κ1) is 13.8. The van der Waals surface area contributed by atoms with Gasteiger partial charge >= 0.3 is 5.69 Å². The van der Waals surface area contributed by atoms with Crippen LogP contribution in [-0.4, -0.2) is 24.6 Å². The zero-order valence-electron chi connectivity index (χ0n) is 11.2. The molecule has 1 fully saturated rings. The van der Waals surface area contributed by atoms with Crippen molar-refractivity contribution in [2.45, 2.75) is 26.2 Å². The lowest BCUT2D eigenvalue weighted by Crippen LogP contribution is -2.28. The Bertz CT molecular complexity index is 442. The van der Waals surface area contributed by atoms with Crippen LogP contribution in [0.25, 0.3) is 0 Å². The van der Waals surface area contributed by atoms with Crippen molar-refractivity contribution in [3.8, 4) is 5.75 Å². The highest BCUT2D eigenvalue weighted by Crippen LogP contribution is 2.28. The van der Waals surface area contributed by atoms with Gasteiger partial charge in [0.1, 0.15) is 0 Å². The number of hydrogen-bond donors (Lipinski definition) is 1. The number of nitrogens with zero attached hydrogens (tertiary/aromatic N) is 1. The summed E-state index contributed by atoms with van der Waals surface area (Å²) >= 11 is 0. The van der Waals surface area contributed by atoms with Gasteiger partial charge in [0, 0.05) is 6.07 Å². The molecule has 1 heterocycles. The minimum Gasteiger partial charge on any atom is -0.487 e. The molecule has 0 amide bonds. The Kier molecular flexibility index (Phi) is 4.74. The Morgan fingerprint density at radius 3 is 2.84 bits per heavy atom. The number of piperidine rings is 1. The van der Waals surface area contributed by atoms with E-state index in [1.54, 1.807) is 12.1 Å². The fourth-order valence-corrected chi connectivity index (χ4v) is 2.40. The van der Waals surface area contributed by atoms with Crippen molar-refractivity contribution in [2.24, 2.45) is 5.92 Å². The highest BCUT2D eigenvalue weighted by Gasteiger charge is 2.17. The number of ether oxygens (including phenoxy) is 1. The Morgan fingerprint density at radius 2 is 2.16 bits per heavy atom. The molecule has 0 unspecified atom stereocenters. The molecule has 19 heavy (non-hydrogen) atoms. The average Bonchev–Trinajstić information content (AvgIpc) is 2.41. The molecule has 0 atom stereocenters. The van der Waals surface area contributed by atoms with Crippen molar-refractivity contribution in [1.29, 1.82) is 0 Å². The molecule has 1 N–H and O–H groups in total. The summed E-state index contributed by atoms with van der Waals surface area (Å²) in [6.45, 7) is 4.52. The standard InChI is InChI=1S/C14H20N2O3/c1-11-2-3-14(13(10-11)16(17)18)19-9-6-12-4-7-15-8-5-12/h2-3,10,12,15H,4-9H2,1H3. The number of nitro groups is 1. The van der Waals surface area contributed by atoms with Gasteiger partial charge in [0.2, 0.25) is 0 Å². The second-order valence-electron chi connectivity index (χ2n) is 5.06. The van der Waals surface area contributed by atoms with Crippen LogP contribution in [0.3, 0.4) is 0 Å². The van der Waals surface area contributed by atoms with Gasteiger partial charge in [0.05, 0.1) is 11.5 Å². The van der Waals surface area contributed by atoms with Gasteiger partial charge in [0.15, 0.2) is 5.75 Å². The first-order valence-electron chi connectivity index (χ1n) is 6.75. The van der Waals surface area contributed by atoms with Crippen molar-refractivity contribution in [3.63, 3.8) is 0 Å². The van der Waals surface area contributed by atoms with Gasteiger partial charge in [-0.05, 0) is 56.8 Å². The zero-order valence-corrected chi connectivity index (χ0v) is 11.2. The average molecular weight is 264 g/mol. The SMILES string of the molecule is Cc1ccc(OCCC2CCNCC2)c([N+](=O)[O-])c1. The number of rotatable bonds is 5. The van der Waals surface area contributed by atoms with Crippen molar-refractivity contribution in [1.82, 2.24) is 5.32 Å². The van der Waals surface area contributed by atoms with Crippen molar-refractivity contribution in [2.75, 3.05) is 19.7 Å². The van der Waals surface area contributed by atoms with Gasteiger partial charge in [-0.2, -0.15) is 0 Å². The molecule has 104 valence electrons. The second-order valence-corrected chi connectivity index (χ2v) is 5.06. The molecule has 0 aliphatic carbocycles. The smallest absolute Gasteiger partial charge is 0.311 e. The molecule has 0 spiro atoms. The molecule has 1 aliphatic heterocycles. The lowest BCUT2D eigenvalue weighted by molar-refractivity contribution is -0.385. The van der Waals surface area contributed by atoms with Gasteiger partial charge in [-0.25, -0.2) is 0 Å². The van der Waals surface area contributed by atoms with Gasteiger partial charge in [-0.15, -0.1) is 0 Å². The summed E-state index contributed by atoms with van der Waals surface area (Å²) in [5.74, 6) is 1.05. The third kappa shape index (κ3) is 3.92. The van der Waals surface area contributed by atoms with E-state index in [4.69, 9.17) is 4.74 Å². The summed E-state index contributed by atoms with van der Waals surface area (Å²) in [5.41, 5.74) is 0.933. The van der Waals surface area contributed by atoms with Crippen LogP contribution in [0.15, 0.2) is 18.2 Å². The number of nitro benzene ring substituents is 1. The van der Waals surface area contributed by atoms with E-state index in [2.05, 4.69) is 5.32 Å². The Morgan fingerprint density at radius 1 is 1.42 bits per heavy atom. The monoisotopic (exact) mass is 264 g/mol. The molecule has 0 bridgehead atoms. The van der Waals surface area contributed by atoms with Crippen molar-refractivity contribution in [3.05, 3.63) is 33.9 Å². The summed E-state index contributed by atoms with van der Waals surface area (Å²) in [6.07, 6.45) is 3.30. The molecule has 1 aromatic rings. The normalized spacial score (nSPS) is 16.3. The first-order valence-corrected chi connectivity index (χ1v) is 6.75. The molecule has 5 heteroatoms. The second kappa shape index (κ2) is 6.52. The van der Waals surface area contributed by atoms with Crippen molar-refractivity contribution < 1.29 is 9.66 Å². The lowest BCUT2D eigenvalue weighted by atomic mass is 9.95. The molecule has 0 radical (unpaired) electrons.